The highest BCUT2D eigenvalue weighted by molar-refractivity contribution is 5.89. The molecule has 0 radical (unpaired) electrons. The van der Waals surface area contributed by atoms with Gasteiger partial charge in [-0.1, -0.05) is 12.8 Å². The van der Waals surface area contributed by atoms with Gasteiger partial charge in [0.15, 0.2) is 0 Å². The van der Waals surface area contributed by atoms with Gasteiger partial charge in [0, 0.05) is 37.9 Å². The van der Waals surface area contributed by atoms with Gasteiger partial charge in [0.1, 0.15) is 0 Å². The molecule has 0 saturated carbocycles. The summed E-state index contributed by atoms with van der Waals surface area (Å²) >= 11 is 0. The zero-order chi connectivity index (χ0) is 18.8. The standard InChI is InChI=1S/C20H28N2O4/c1-3-25-19(23)17-9-13-21(15-17)11-7-5-6-8-12-22-14-10-18(16-22)20(24)26-4-2/h9-10,13-16H,3-8,11-12H2,1-2H3. The number of hydrogen-bond donors (Lipinski definition) is 0. The number of rotatable bonds is 11. The van der Waals surface area contributed by atoms with Crippen molar-refractivity contribution in [3.05, 3.63) is 48.0 Å². The molecule has 0 amide bonds. The lowest BCUT2D eigenvalue weighted by Crippen LogP contribution is -2.03. The maximum absolute atomic E-state index is 11.6. The minimum absolute atomic E-state index is 0.264. The van der Waals surface area contributed by atoms with E-state index in [1.54, 1.807) is 26.0 Å². The molecule has 2 heterocycles. The van der Waals surface area contributed by atoms with E-state index in [1.807, 2.05) is 33.9 Å². The average molecular weight is 360 g/mol. The molecular formula is C20H28N2O4. The van der Waals surface area contributed by atoms with Crippen molar-refractivity contribution in [1.82, 2.24) is 9.13 Å². The van der Waals surface area contributed by atoms with E-state index in [0.29, 0.717) is 24.3 Å². The molecule has 0 bridgehead atoms. The fourth-order valence-electron chi connectivity index (χ4n) is 2.77. The second kappa shape index (κ2) is 10.5. The molecule has 0 atom stereocenters. The van der Waals surface area contributed by atoms with E-state index in [9.17, 15) is 9.59 Å². The summed E-state index contributed by atoms with van der Waals surface area (Å²) in [6.07, 6.45) is 11.9. The minimum Gasteiger partial charge on any atom is -0.462 e. The first-order valence-electron chi connectivity index (χ1n) is 9.29. The second-order valence-corrected chi connectivity index (χ2v) is 6.13. The molecule has 2 rings (SSSR count). The predicted octanol–water partition coefficient (Wildman–Crippen LogP) is 3.90. The van der Waals surface area contributed by atoms with Crippen LogP contribution in [-0.2, 0) is 22.6 Å². The van der Waals surface area contributed by atoms with Crippen LogP contribution in [0, 0.1) is 0 Å². The van der Waals surface area contributed by atoms with Crippen LogP contribution in [-0.4, -0.2) is 34.3 Å². The van der Waals surface area contributed by atoms with E-state index in [4.69, 9.17) is 9.47 Å². The van der Waals surface area contributed by atoms with Crippen LogP contribution >= 0.6 is 0 Å². The van der Waals surface area contributed by atoms with Gasteiger partial charge in [0.2, 0.25) is 0 Å². The zero-order valence-electron chi connectivity index (χ0n) is 15.6. The third-order valence-electron chi connectivity index (χ3n) is 4.11. The molecular weight excluding hydrogens is 332 g/mol. The van der Waals surface area contributed by atoms with E-state index in [0.717, 1.165) is 38.8 Å². The van der Waals surface area contributed by atoms with Crippen LogP contribution < -0.4 is 0 Å². The summed E-state index contributed by atoms with van der Waals surface area (Å²) in [5, 5.41) is 0. The molecule has 0 spiro atoms. The molecule has 142 valence electrons. The van der Waals surface area contributed by atoms with Gasteiger partial charge in [-0.2, -0.15) is 0 Å². The van der Waals surface area contributed by atoms with Crippen molar-refractivity contribution in [2.45, 2.75) is 52.6 Å². The molecule has 0 aliphatic heterocycles. The quantitative estimate of drug-likeness (QED) is 0.450. The Hall–Kier alpha value is -2.50. The number of carbonyl (C=O) groups is 2. The zero-order valence-corrected chi connectivity index (χ0v) is 15.6. The molecule has 0 aromatic carbocycles. The lowest BCUT2D eigenvalue weighted by Gasteiger charge is -2.05. The Morgan fingerprint density at radius 2 is 1.19 bits per heavy atom. The summed E-state index contributed by atoms with van der Waals surface area (Å²) in [5.41, 5.74) is 1.22. The average Bonchev–Trinajstić information content (AvgIpc) is 3.28. The molecule has 0 unspecified atom stereocenters. The van der Waals surface area contributed by atoms with Gasteiger partial charge < -0.3 is 18.6 Å². The van der Waals surface area contributed by atoms with Crippen molar-refractivity contribution in [2.24, 2.45) is 0 Å². The van der Waals surface area contributed by atoms with Crippen molar-refractivity contribution in [3.63, 3.8) is 0 Å². The lowest BCUT2D eigenvalue weighted by molar-refractivity contribution is 0.0516. The van der Waals surface area contributed by atoms with Gasteiger partial charge in [-0.05, 0) is 38.8 Å². The third kappa shape index (κ3) is 6.10. The van der Waals surface area contributed by atoms with Gasteiger partial charge in [-0.15, -0.1) is 0 Å². The molecule has 0 aliphatic rings. The van der Waals surface area contributed by atoms with Crippen LogP contribution in [0.5, 0.6) is 0 Å². The van der Waals surface area contributed by atoms with Gasteiger partial charge >= 0.3 is 11.9 Å². The number of esters is 2. The summed E-state index contributed by atoms with van der Waals surface area (Å²) < 4.78 is 14.0. The Morgan fingerprint density at radius 1 is 0.769 bits per heavy atom. The highest BCUT2D eigenvalue weighted by Gasteiger charge is 2.08. The monoisotopic (exact) mass is 360 g/mol. The summed E-state index contributed by atoms with van der Waals surface area (Å²) in [5.74, 6) is -0.527. The van der Waals surface area contributed by atoms with E-state index >= 15 is 0 Å². The number of aryl methyl sites for hydroxylation is 2. The van der Waals surface area contributed by atoms with E-state index in [-0.39, 0.29) is 11.9 Å². The number of nitrogens with zero attached hydrogens (tertiary/aromatic N) is 2. The van der Waals surface area contributed by atoms with Crippen molar-refractivity contribution in [1.29, 1.82) is 0 Å². The first-order chi connectivity index (χ1) is 12.6. The Labute approximate surface area is 154 Å². The fraction of sp³-hybridized carbons (Fsp3) is 0.500. The molecule has 0 aliphatic carbocycles. The van der Waals surface area contributed by atoms with Crippen LogP contribution in [0.4, 0.5) is 0 Å². The first kappa shape index (κ1) is 19.8. The Kier molecular flexibility index (Phi) is 7.99. The van der Waals surface area contributed by atoms with Gasteiger partial charge in [0.05, 0.1) is 24.3 Å². The highest BCUT2D eigenvalue weighted by atomic mass is 16.5. The number of carbonyl (C=O) groups excluding carboxylic acids is 2. The number of ether oxygens (including phenoxy) is 2. The van der Waals surface area contributed by atoms with Gasteiger partial charge in [0.25, 0.3) is 0 Å². The molecule has 26 heavy (non-hydrogen) atoms. The summed E-state index contributed by atoms with van der Waals surface area (Å²) in [4.78, 5) is 23.2. The van der Waals surface area contributed by atoms with Crippen molar-refractivity contribution in [2.75, 3.05) is 13.2 Å². The van der Waals surface area contributed by atoms with Crippen molar-refractivity contribution < 1.29 is 19.1 Å². The lowest BCUT2D eigenvalue weighted by atomic mass is 10.2. The maximum atomic E-state index is 11.6. The molecule has 6 nitrogen and oxygen atoms in total. The van der Waals surface area contributed by atoms with E-state index in [1.165, 1.54) is 0 Å². The molecule has 2 aromatic rings. The largest absolute Gasteiger partial charge is 0.462 e. The smallest absolute Gasteiger partial charge is 0.339 e. The third-order valence-corrected chi connectivity index (χ3v) is 4.11. The van der Waals surface area contributed by atoms with Crippen molar-refractivity contribution >= 4 is 11.9 Å². The molecule has 6 heteroatoms. The number of aromatic nitrogens is 2. The summed E-state index contributed by atoms with van der Waals surface area (Å²) in [7, 11) is 0. The highest BCUT2D eigenvalue weighted by Crippen LogP contribution is 2.09. The normalized spacial score (nSPS) is 10.7. The number of unbranched alkanes of at least 4 members (excludes halogenated alkanes) is 3. The van der Waals surface area contributed by atoms with Crippen LogP contribution in [0.25, 0.3) is 0 Å². The maximum Gasteiger partial charge on any atom is 0.339 e. The Morgan fingerprint density at radius 3 is 1.58 bits per heavy atom. The molecule has 0 N–H and O–H groups in total. The Bertz CT molecular complexity index is 642. The second-order valence-electron chi connectivity index (χ2n) is 6.13. The van der Waals surface area contributed by atoms with E-state index in [2.05, 4.69) is 0 Å². The minimum atomic E-state index is -0.264. The fourth-order valence-corrected chi connectivity index (χ4v) is 2.77. The van der Waals surface area contributed by atoms with Crippen LogP contribution in [0.2, 0.25) is 0 Å². The molecule has 2 aromatic heterocycles. The van der Waals surface area contributed by atoms with Gasteiger partial charge in [-0.25, -0.2) is 9.59 Å². The SMILES string of the molecule is CCOC(=O)c1ccn(CCCCCCn2ccc(C(=O)OCC)c2)c1. The van der Waals surface area contributed by atoms with E-state index < -0.39 is 0 Å². The predicted molar refractivity (Wildman–Crippen MR) is 99.2 cm³/mol. The van der Waals surface area contributed by atoms with Crippen molar-refractivity contribution in [3.8, 4) is 0 Å². The van der Waals surface area contributed by atoms with Crippen LogP contribution in [0.1, 0.15) is 60.2 Å². The molecule has 0 saturated heterocycles. The molecule has 0 fully saturated rings. The first-order valence-corrected chi connectivity index (χ1v) is 9.29. The number of hydrogen-bond acceptors (Lipinski definition) is 4. The Balaban J connectivity index is 1.61. The summed E-state index contributed by atoms with van der Waals surface area (Å²) in [6, 6.07) is 3.59. The van der Waals surface area contributed by atoms with Crippen LogP contribution in [0.3, 0.4) is 0 Å². The topological polar surface area (TPSA) is 62.5 Å². The summed E-state index contributed by atoms with van der Waals surface area (Å²) in [6.45, 7) is 6.20. The van der Waals surface area contributed by atoms with Gasteiger partial charge in [-0.3, -0.25) is 0 Å². The van der Waals surface area contributed by atoms with Crippen LogP contribution in [0.15, 0.2) is 36.9 Å².